The third kappa shape index (κ3) is 15.6. The van der Waals surface area contributed by atoms with Gasteiger partial charge in [-0.3, -0.25) is 14.4 Å². The quantitative estimate of drug-likeness (QED) is 0.105. The van der Waals surface area contributed by atoms with Crippen LogP contribution >= 0.6 is 72.6 Å². The summed E-state index contributed by atoms with van der Waals surface area (Å²) in [5.74, 6) is 3.33. The van der Waals surface area contributed by atoms with Crippen LogP contribution in [0.4, 0.5) is 0 Å². The minimum absolute atomic E-state index is 0.109. The van der Waals surface area contributed by atoms with Crippen LogP contribution in [0.1, 0.15) is 63.1 Å². The fourth-order valence-corrected chi connectivity index (χ4v) is 17.8. The molecule has 9 heterocycles. The number of nitrogens with zero attached hydrogens (tertiary/aromatic N) is 1. The van der Waals surface area contributed by atoms with Gasteiger partial charge in [0.05, 0.1) is 63.6 Å². The standard InChI is InChI=1S/C21H15NOS2.C20H15BrO2S.C20H16O2S.C12H10OS.C8H8O2/c1-2-6-14(7-3-1)21-19(22-13-24-21)18-12-15-10-11-23-17-9-5-4-8-16(17)20(15)25-18;21-18(13-6-2-1-3-7-13)19(22)17-12-14-10-11-23-16-9-5-4-8-15(16)20(14)24-17;21-17(12-14-6-2-1-3-7-14)19-13-15-10-11-22-18-9-5-4-8-16(18)20(15)23-19;1-2-4-11-10(3-1)12-9(5-7-13-11)6-8-14-12;9-8(10)6-7-4-2-1-3-5-7/h1-9,12-13H,10-11H2;1-9,12,18H,10-11H2;1-9,13H,10-12H2;1-4,6,8H,5,7H2;1-5H,6H2,(H,9,10). The van der Waals surface area contributed by atoms with Crippen LogP contribution in [0.5, 0.6) is 23.0 Å². The molecule has 5 aromatic heterocycles. The molecule has 0 saturated heterocycles. The molecule has 0 bridgehead atoms. The Hall–Kier alpha value is -9.32. The maximum atomic E-state index is 12.9. The number of thiophene rings is 4. The molecule has 1 N–H and O–H groups in total. The normalized spacial score (nSPS) is 12.8. The topological polar surface area (TPSA) is 121 Å². The summed E-state index contributed by atoms with van der Waals surface area (Å²) < 4.78 is 23.2. The lowest BCUT2D eigenvalue weighted by atomic mass is 10.1. The maximum Gasteiger partial charge on any atom is 0.307 e. The van der Waals surface area contributed by atoms with E-state index in [4.69, 9.17) is 24.1 Å². The summed E-state index contributed by atoms with van der Waals surface area (Å²) in [5, 5.41) is 10.5. The molecule has 8 aromatic carbocycles. The second-order valence-corrected chi connectivity index (χ2v) is 28.6. The van der Waals surface area contributed by atoms with Gasteiger partial charge in [0.25, 0.3) is 0 Å². The van der Waals surface area contributed by atoms with Gasteiger partial charge in [-0.25, -0.2) is 4.98 Å². The minimum Gasteiger partial charge on any atom is -0.493 e. The fourth-order valence-electron chi connectivity index (χ4n) is 11.6. The predicted molar refractivity (Wildman–Crippen MR) is 397 cm³/mol. The fraction of sp³-hybridized carbons (Fsp3) is 0.136. The Labute approximate surface area is 586 Å². The molecule has 0 fully saturated rings. The van der Waals surface area contributed by atoms with Crippen molar-refractivity contribution in [1.82, 2.24) is 4.98 Å². The lowest BCUT2D eigenvalue weighted by Gasteiger charge is -2.08. The van der Waals surface area contributed by atoms with E-state index in [0.29, 0.717) is 19.6 Å². The average Bonchev–Trinajstić information content (AvgIpc) is 1.67. The van der Waals surface area contributed by atoms with Crippen molar-refractivity contribution in [2.45, 2.75) is 43.4 Å². The number of rotatable bonds is 10. The number of alkyl halides is 1. The number of carboxylic acid groups (broad SMARTS) is 1. The van der Waals surface area contributed by atoms with Gasteiger partial charge in [0.2, 0.25) is 0 Å². The van der Waals surface area contributed by atoms with Gasteiger partial charge in [-0.1, -0.05) is 186 Å². The lowest BCUT2D eigenvalue weighted by Crippen LogP contribution is -2.05. The monoisotopic (exact) mass is 1420 g/mol. The number of carbonyl (C=O) groups is 3. The first-order valence-electron chi connectivity index (χ1n) is 31.6. The Morgan fingerprint density at radius 3 is 1.36 bits per heavy atom. The van der Waals surface area contributed by atoms with E-state index in [1.165, 1.54) is 63.3 Å². The number of benzene rings is 8. The number of thiazole rings is 1. The van der Waals surface area contributed by atoms with Crippen LogP contribution in [-0.4, -0.2) is 54.1 Å². The number of hydrogen-bond donors (Lipinski definition) is 1. The SMILES string of the molecule is O=C(Cc1ccccc1)c1cc2c(s1)-c1ccccc1OCC2.O=C(O)Cc1ccccc1.O=C(c1cc2c(s1)-c1ccccc1OCC2)C(Br)c1ccccc1.c1ccc(-c2scnc2-c2cc3c(s2)-c2ccccc2OCC3)cc1.c1ccc2c(c1)OCCc1ccsc1-2. The Balaban J connectivity index is 0.000000112. The number of hydrogen-bond acceptors (Lipinski definition) is 13. The lowest BCUT2D eigenvalue weighted by molar-refractivity contribution is -0.136. The molecule has 0 radical (unpaired) electrons. The van der Waals surface area contributed by atoms with Gasteiger partial charge in [-0.2, -0.15) is 0 Å². The number of para-hydroxylation sites is 4. The zero-order valence-electron chi connectivity index (χ0n) is 52.1. The summed E-state index contributed by atoms with van der Waals surface area (Å²) in [6, 6.07) is 80.6. The third-order valence-corrected chi connectivity index (χ3v) is 22.8. The van der Waals surface area contributed by atoms with Crippen LogP contribution in [0.15, 0.2) is 254 Å². The van der Waals surface area contributed by atoms with Gasteiger partial charge in [0.1, 0.15) is 27.8 Å². The van der Waals surface area contributed by atoms with Crippen LogP contribution in [-0.2, 0) is 43.3 Å². The molecule has 1 atom stereocenters. The van der Waals surface area contributed by atoms with Crippen molar-refractivity contribution >= 4 is 90.1 Å². The molecule has 4 aliphatic rings. The molecule has 13 aromatic rings. The summed E-state index contributed by atoms with van der Waals surface area (Å²) in [6.45, 7) is 2.82. The van der Waals surface area contributed by atoms with Gasteiger partial charge >= 0.3 is 5.97 Å². The highest BCUT2D eigenvalue weighted by atomic mass is 79.9. The second kappa shape index (κ2) is 31.5. The number of halogens is 1. The number of Topliss-reactive ketones (excluding diaryl/α,β-unsaturated/α-hetero) is 2. The van der Waals surface area contributed by atoms with E-state index in [1.807, 2.05) is 156 Å². The Bertz CT molecular complexity index is 4790. The maximum absolute atomic E-state index is 12.9. The van der Waals surface area contributed by atoms with E-state index in [0.717, 1.165) is 110 Å². The second-order valence-electron chi connectivity index (χ2n) is 22.7. The summed E-state index contributed by atoms with van der Waals surface area (Å²) in [4.78, 5) is 49.2. The van der Waals surface area contributed by atoms with Gasteiger partial charge in [0.15, 0.2) is 11.6 Å². The van der Waals surface area contributed by atoms with Crippen molar-refractivity contribution in [3.05, 3.63) is 302 Å². The number of carboxylic acids is 1. The van der Waals surface area contributed by atoms with E-state index < -0.39 is 5.97 Å². The summed E-state index contributed by atoms with van der Waals surface area (Å²) >= 11 is 12.0. The molecule has 1 unspecified atom stereocenters. The largest absolute Gasteiger partial charge is 0.493 e. The van der Waals surface area contributed by atoms with Crippen LogP contribution in [0.3, 0.4) is 0 Å². The number of aromatic nitrogens is 1. The zero-order chi connectivity index (χ0) is 65.6. The van der Waals surface area contributed by atoms with Crippen molar-refractivity contribution < 1.29 is 38.4 Å². The Morgan fingerprint density at radius 1 is 0.427 bits per heavy atom. The molecule has 478 valence electrons. The molecule has 0 saturated carbocycles. The van der Waals surface area contributed by atoms with E-state index in [9.17, 15) is 14.4 Å². The molecular weight excluding hydrogens is 1360 g/mol. The number of carbonyl (C=O) groups excluding carboxylic acids is 2. The molecule has 9 nitrogen and oxygen atoms in total. The summed E-state index contributed by atoms with van der Waals surface area (Å²) in [7, 11) is 0. The highest BCUT2D eigenvalue weighted by Gasteiger charge is 2.27. The summed E-state index contributed by atoms with van der Waals surface area (Å²) in [6.07, 6.45) is 4.20. The highest BCUT2D eigenvalue weighted by Crippen LogP contribution is 2.48. The van der Waals surface area contributed by atoms with Crippen molar-refractivity contribution in [3.63, 3.8) is 0 Å². The number of ketones is 2. The predicted octanol–water partition coefficient (Wildman–Crippen LogP) is 21.2. The molecule has 96 heavy (non-hydrogen) atoms. The van der Waals surface area contributed by atoms with Gasteiger partial charge in [0, 0.05) is 73.9 Å². The van der Waals surface area contributed by atoms with Crippen molar-refractivity contribution in [2.75, 3.05) is 26.4 Å². The number of aliphatic carboxylic acids is 1. The Kier molecular flexibility index (Phi) is 21.4. The first-order chi connectivity index (χ1) is 47.2. The number of fused-ring (bicyclic) bond motifs is 12. The van der Waals surface area contributed by atoms with Crippen LogP contribution in [0.25, 0.3) is 62.8 Å². The smallest absolute Gasteiger partial charge is 0.307 e. The van der Waals surface area contributed by atoms with Crippen LogP contribution in [0, 0.1) is 0 Å². The molecular formula is C81H64BrNO8S5. The molecule has 17 rings (SSSR count). The summed E-state index contributed by atoms with van der Waals surface area (Å²) in [5.41, 5.74) is 17.0. The minimum atomic E-state index is -0.786. The highest BCUT2D eigenvalue weighted by molar-refractivity contribution is 9.09. The van der Waals surface area contributed by atoms with Gasteiger partial charge in [-0.15, -0.1) is 56.7 Å². The molecule has 4 aliphatic heterocycles. The van der Waals surface area contributed by atoms with Crippen molar-refractivity contribution in [1.29, 1.82) is 0 Å². The van der Waals surface area contributed by atoms with E-state index in [1.54, 1.807) is 57.5 Å². The average molecular weight is 1420 g/mol. The van der Waals surface area contributed by atoms with Gasteiger partial charge < -0.3 is 24.1 Å². The van der Waals surface area contributed by atoms with Crippen molar-refractivity contribution in [3.8, 4) is 85.8 Å². The molecule has 0 spiro atoms. The van der Waals surface area contributed by atoms with E-state index in [2.05, 4.69) is 117 Å². The van der Waals surface area contributed by atoms with Crippen LogP contribution in [0.2, 0.25) is 0 Å². The number of ether oxygens (including phenoxy) is 4. The van der Waals surface area contributed by atoms with Crippen LogP contribution < -0.4 is 18.9 Å². The van der Waals surface area contributed by atoms with Gasteiger partial charge in [-0.05, 0) is 123 Å². The molecule has 0 aliphatic carbocycles. The molecule has 0 amide bonds. The Morgan fingerprint density at radius 2 is 0.844 bits per heavy atom. The zero-order valence-corrected chi connectivity index (χ0v) is 57.7. The third-order valence-electron chi connectivity index (χ3n) is 16.3. The first kappa shape index (κ1) is 65.3. The molecule has 15 heteroatoms. The van der Waals surface area contributed by atoms with E-state index in [-0.39, 0.29) is 22.8 Å². The van der Waals surface area contributed by atoms with Crippen molar-refractivity contribution in [2.24, 2.45) is 0 Å². The van der Waals surface area contributed by atoms with E-state index >= 15 is 0 Å². The first-order valence-corrected chi connectivity index (χ1v) is 36.7.